The van der Waals surface area contributed by atoms with Crippen LogP contribution in [0.25, 0.3) is 6.08 Å². The van der Waals surface area contributed by atoms with E-state index < -0.39 is 0 Å². The first kappa shape index (κ1) is 30.9. The average molecular weight is 590 g/mol. The van der Waals surface area contributed by atoms with Crippen molar-refractivity contribution in [2.24, 2.45) is 5.92 Å². The lowest BCUT2D eigenvalue weighted by molar-refractivity contribution is -0.132. The van der Waals surface area contributed by atoms with Crippen molar-refractivity contribution in [2.75, 3.05) is 58.2 Å². The van der Waals surface area contributed by atoms with E-state index in [0.717, 1.165) is 19.6 Å². The molecular formula is C32H39N5O4S. The van der Waals surface area contributed by atoms with Crippen LogP contribution in [0.3, 0.4) is 0 Å². The normalized spacial score (nSPS) is 13.9. The molecule has 0 aliphatic carbocycles. The maximum Gasteiger partial charge on any atom is 0.254 e. The van der Waals surface area contributed by atoms with Crippen molar-refractivity contribution in [3.8, 4) is 5.75 Å². The third-order valence-corrected chi connectivity index (χ3v) is 7.68. The van der Waals surface area contributed by atoms with Gasteiger partial charge in [0.15, 0.2) is 5.13 Å². The first-order valence-corrected chi connectivity index (χ1v) is 15.1. The van der Waals surface area contributed by atoms with Crippen LogP contribution in [0.1, 0.15) is 35.5 Å². The summed E-state index contributed by atoms with van der Waals surface area (Å²) in [6, 6.07) is 17.1. The molecule has 0 unspecified atom stereocenters. The second kappa shape index (κ2) is 15.3. The van der Waals surface area contributed by atoms with Gasteiger partial charge < -0.3 is 19.9 Å². The molecule has 0 radical (unpaired) electrons. The highest BCUT2D eigenvalue weighted by Crippen LogP contribution is 2.18. The monoisotopic (exact) mass is 589 g/mol. The van der Waals surface area contributed by atoms with Crippen molar-refractivity contribution in [3.63, 3.8) is 0 Å². The minimum absolute atomic E-state index is 0.0332. The summed E-state index contributed by atoms with van der Waals surface area (Å²) in [5, 5.41) is 5.01. The van der Waals surface area contributed by atoms with E-state index in [2.05, 4.69) is 39.5 Å². The number of rotatable bonds is 12. The number of methoxy groups -OCH3 is 1. The van der Waals surface area contributed by atoms with Crippen LogP contribution in [-0.4, -0.2) is 90.3 Å². The summed E-state index contributed by atoms with van der Waals surface area (Å²) >= 11 is 1.28. The lowest BCUT2D eigenvalue weighted by Crippen LogP contribution is -2.49. The molecule has 1 N–H and O–H groups in total. The fourth-order valence-electron chi connectivity index (χ4n) is 4.70. The van der Waals surface area contributed by atoms with Crippen LogP contribution in [0, 0.1) is 5.92 Å². The molecule has 0 atom stereocenters. The van der Waals surface area contributed by atoms with Gasteiger partial charge in [0.05, 0.1) is 19.2 Å². The molecule has 1 aromatic heterocycles. The molecule has 2 aromatic carbocycles. The summed E-state index contributed by atoms with van der Waals surface area (Å²) in [5.74, 6) is 0.323. The summed E-state index contributed by atoms with van der Waals surface area (Å²) in [4.78, 5) is 49.1. The van der Waals surface area contributed by atoms with Crippen LogP contribution < -0.4 is 10.1 Å². The lowest BCUT2D eigenvalue weighted by Gasteiger charge is -2.34. The van der Waals surface area contributed by atoms with Gasteiger partial charge >= 0.3 is 0 Å². The number of nitrogens with zero attached hydrogens (tertiary/aromatic N) is 4. The third-order valence-electron chi connectivity index (χ3n) is 6.87. The summed E-state index contributed by atoms with van der Waals surface area (Å²) < 4.78 is 5.17. The number of benzene rings is 2. The highest BCUT2D eigenvalue weighted by molar-refractivity contribution is 7.13. The fraction of sp³-hybridized carbons (Fsp3) is 0.375. The second-order valence-corrected chi connectivity index (χ2v) is 11.5. The first-order valence-electron chi connectivity index (χ1n) is 14.2. The molecule has 0 bridgehead atoms. The zero-order valence-corrected chi connectivity index (χ0v) is 25.3. The Morgan fingerprint density at radius 1 is 1.05 bits per heavy atom. The molecule has 3 amide bonds. The summed E-state index contributed by atoms with van der Waals surface area (Å²) in [7, 11) is 1.57. The number of amides is 3. The minimum Gasteiger partial charge on any atom is -0.497 e. The van der Waals surface area contributed by atoms with Gasteiger partial charge in [-0.1, -0.05) is 56.3 Å². The van der Waals surface area contributed by atoms with Crippen molar-refractivity contribution >= 4 is 40.3 Å². The highest BCUT2D eigenvalue weighted by atomic mass is 32.1. The van der Waals surface area contributed by atoms with E-state index in [1.807, 2.05) is 36.9 Å². The van der Waals surface area contributed by atoms with E-state index in [1.54, 1.807) is 36.8 Å². The lowest BCUT2D eigenvalue weighted by atomic mass is 10.1. The molecule has 9 nitrogen and oxygen atoms in total. The molecule has 1 fully saturated rings. The van der Waals surface area contributed by atoms with Gasteiger partial charge in [0.25, 0.3) is 5.91 Å². The van der Waals surface area contributed by atoms with Gasteiger partial charge in [-0.3, -0.25) is 19.3 Å². The number of thiazole rings is 1. The zero-order valence-electron chi connectivity index (χ0n) is 24.5. The summed E-state index contributed by atoms with van der Waals surface area (Å²) in [5.41, 5.74) is 2.30. The SMILES string of the molecule is COc1ccc(C(=O)N(CC(=O)Nc2nc(CC(=O)N3CCN(CC=Cc4ccccc4)CC3)cs2)CC(C)C)cc1. The van der Waals surface area contributed by atoms with Crippen LogP contribution in [0.5, 0.6) is 5.75 Å². The Kier molecular flexibility index (Phi) is 11.2. The van der Waals surface area contributed by atoms with Crippen molar-refractivity contribution in [1.82, 2.24) is 19.7 Å². The smallest absolute Gasteiger partial charge is 0.254 e. The number of aromatic nitrogens is 1. The Morgan fingerprint density at radius 3 is 2.43 bits per heavy atom. The Balaban J connectivity index is 1.23. The van der Waals surface area contributed by atoms with Crippen molar-refractivity contribution in [1.29, 1.82) is 0 Å². The van der Waals surface area contributed by atoms with Crippen LogP contribution in [0.15, 0.2) is 66.1 Å². The number of carbonyl (C=O) groups is 3. The van der Waals surface area contributed by atoms with E-state index in [4.69, 9.17) is 4.74 Å². The van der Waals surface area contributed by atoms with Gasteiger partial charge in [-0.25, -0.2) is 4.98 Å². The third kappa shape index (κ3) is 9.25. The van der Waals surface area contributed by atoms with Crippen LogP contribution in [0.2, 0.25) is 0 Å². The largest absolute Gasteiger partial charge is 0.497 e. The second-order valence-electron chi connectivity index (χ2n) is 10.7. The molecule has 4 rings (SSSR count). The summed E-state index contributed by atoms with van der Waals surface area (Å²) in [6.07, 6.45) is 4.47. The van der Waals surface area contributed by atoms with Gasteiger partial charge in [0.1, 0.15) is 12.3 Å². The molecule has 1 aliphatic heterocycles. The molecule has 222 valence electrons. The molecule has 1 aliphatic rings. The predicted molar refractivity (Wildman–Crippen MR) is 167 cm³/mol. The Labute approximate surface area is 251 Å². The molecule has 3 aromatic rings. The Morgan fingerprint density at radius 2 is 1.76 bits per heavy atom. The quantitative estimate of drug-likeness (QED) is 0.339. The number of nitrogens with one attached hydrogen (secondary N) is 1. The average Bonchev–Trinajstić information content (AvgIpc) is 3.43. The van der Waals surface area contributed by atoms with Crippen LogP contribution >= 0.6 is 11.3 Å². The number of carbonyl (C=O) groups excluding carboxylic acids is 3. The molecule has 10 heteroatoms. The molecule has 42 heavy (non-hydrogen) atoms. The molecule has 1 saturated heterocycles. The number of ether oxygens (including phenoxy) is 1. The van der Waals surface area contributed by atoms with E-state index in [-0.39, 0.29) is 36.6 Å². The topological polar surface area (TPSA) is 95.1 Å². The van der Waals surface area contributed by atoms with E-state index >= 15 is 0 Å². The van der Waals surface area contributed by atoms with Gasteiger partial charge in [0, 0.05) is 50.2 Å². The minimum atomic E-state index is -0.331. The van der Waals surface area contributed by atoms with Crippen molar-refractivity contribution in [3.05, 3.63) is 82.9 Å². The van der Waals surface area contributed by atoms with Crippen LogP contribution in [-0.2, 0) is 16.0 Å². The zero-order chi connectivity index (χ0) is 29.9. The number of anilines is 1. The predicted octanol–water partition coefficient (Wildman–Crippen LogP) is 4.29. The Bertz CT molecular complexity index is 1350. The number of hydrogen-bond acceptors (Lipinski definition) is 7. The van der Waals surface area contributed by atoms with E-state index in [0.29, 0.717) is 41.8 Å². The number of hydrogen-bond donors (Lipinski definition) is 1. The molecule has 0 spiro atoms. The van der Waals surface area contributed by atoms with Gasteiger partial charge in [0.2, 0.25) is 11.8 Å². The molecular weight excluding hydrogens is 550 g/mol. The van der Waals surface area contributed by atoms with Gasteiger partial charge in [-0.2, -0.15) is 0 Å². The van der Waals surface area contributed by atoms with Crippen molar-refractivity contribution in [2.45, 2.75) is 20.3 Å². The number of piperazine rings is 1. The van der Waals surface area contributed by atoms with Crippen LogP contribution in [0.4, 0.5) is 5.13 Å². The molecule has 2 heterocycles. The maximum absolute atomic E-state index is 13.1. The molecule has 0 saturated carbocycles. The van der Waals surface area contributed by atoms with E-state index in [9.17, 15) is 14.4 Å². The maximum atomic E-state index is 13.1. The van der Waals surface area contributed by atoms with E-state index in [1.165, 1.54) is 21.8 Å². The fourth-order valence-corrected chi connectivity index (χ4v) is 5.43. The Hall–Kier alpha value is -4.02. The van der Waals surface area contributed by atoms with Gasteiger partial charge in [-0.05, 0) is 35.7 Å². The van der Waals surface area contributed by atoms with Gasteiger partial charge in [-0.15, -0.1) is 11.3 Å². The summed E-state index contributed by atoms with van der Waals surface area (Å²) in [6.45, 7) is 8.20. The highest BCUT2D eigenvalue weighted by Gasteiger charge is 2.23. The standard InChI is InChI=1S/C32H39N5O4S/c1-24(2)21-37(31(40)26-11-13-28(41-3)14-12-26)22-29(38)34-32-33-27(23-42-32)20-30(39)36-18-16-35(17-19-36)15-7-10-25-8-5-4-6-9-25/h4-14,23-24H,15-22H2,1-3H3,(H,33,34,38). The first-order chi connectivity index (χ1) is 20.3. The van der Waals surface area contributed by atoms with Crippen molar-refractivity contribution < 1.29 is 19.1 Å².